The number of nitrogens with one attached hydrogen (secondary N) is 1. The lowest BCUT2D eigenvalue weighted by molar-refractivity contribution is -0.119. The summed E-state index contributed by atoms with van der Waals surface area (Å²) in [6.45, 7) is -0.355. The van der Waals surface area contributed by atoms with Gasteiger partial charge in [-0.25, -0.2) is 4.79 Å². The minimum Gasteiger partial charge on any atom is -0.497 e. The number of esters is 1. The highest BCUT2D eigenvalue weighted by Crippen LogP contribution is 2.15. The van der Waals surface area contributed by atoms with Crippen molar-refractivity contribution in [1.82, 2.24) is 0 Å². The van der Waals surface area contributed by atoms with E-state index in [1.54, 1.807) is 48.5 Å². The Hall–Kier alpha value is -2.34. The van der Waals surface area contributed by atoms with Crippen LogP contribution in [0.2, 0.25) is 0 Å². The van der Waals surface area contributed by atoms with Crippen molar-refractivity contribution in [2.45, 2.75) is 0 Å². The summed E-state index contributed by atoms with van der Waals surface area (Å²) in [5.74, 6) is -0.433. The van der Waals surface area contributed by atoms with E-state index in [-0.39, 0.29) is 6.61 Å². The van der Waals surface area contributed by atoms with Gasteiger partial charge in [0.2, 0.25) is 0 Å². The highest BCUT2D eigenvalue weighted by molar-refractivity contribution is 9.10. The molecule has 0 unspecified atom stereocenters. The van der Waals surface area contributed by atoms with Gasteiger partial charge < -0.3 is 14.8 Å². The molecule has 0 aromatic heterocycles. The van der Waals surface area contributed by atoms with Crippen LogP contribution in [-0.4, -0.2) is 25.6 Å². The Labute approximate surface area is 136 Å². The minimum absolute atomic E-state index is 0.329. The van der Waals surface area contributed by atoms with Gasteiger partial charge in [-0.1, -0.05) is 22.0 Å². The quantitative estimate of drug-likeness (QED) is 0.828. The van der Waals surface area contributed by atoms with Gasteiger partial charge in [0.05, 0.1) is 12.7 Å². The normalized spacial score (nSPS) is 9.91. The molecule has 0 aliphatic rings. The van der Waals surface area contributed by atoms with Gasteiger partial charge in [0.25, 0.3) is 5.91 Å². The van der Waals surface area contributed by atoms with E-state index in [0.29, 0.717) is 17.0 Å². The predicted octanol–water partition coefficient (Wildman–Crippen LogP) is 3.25. The highest BCUT2D eigenvalue weighted by atomic mass is 79.9. The molecule has 6 heteroatoms. The summed E-state index contributed by atoms with van der Waals surface area (Å²) in [7, 11) is 1.51. The third-order valence-electron chi connectivity index (χ3n) is 2.77. The van der Waals surface area contributed by atoms with Crippen LogP contribution in [0.15, 0.2) is 53.0 Å². The number of methoxy groups -OCH3 is 1. The van der Waals surface area contributed by atoms with E-state index < -0.39 is 11.9 Å². The predicted molar refractivity (Wildman–Crippen MR) is 86.0 cm³/mol. The number of hydrogen-bond acceptors (Lipinski definition) is 4. The fourth-order valence-electron chi connectivity index (χ4n) is 1.69. The molecule has 0 aliphatic heterocycles. The topological polar surface area (TPSA) is 64.6 Å². The molecule has 114 valence electrons. The maximum Gasteiger partial charge on any atom is 0.338 e. The number of carbonyl (C=O) groups excluding carboxylic acids is 2. The molecule has 22 heavy (non-hydrogen) atoms. The molecular weight excluding hydrogens is 350 g/mol. The number of benzene rings is 2. The molecule has 0 radical (unpaired) electrons. The molecule has 2 aromatic carbocycles. The SMILES string of the molecule is COc1cccc(C(=O)OCC(=O)Nc2ccc(Br)cc2)c1. The summed E-state index contributed by atoms with van der Waals surface area (Å²) < 4.78 is 10.9. The smallest absolute Gasteiger partial charge is 0.338 e. The van der Waals surface area contributed by atoms with Gasteiger partial charge in [0.1, 0.15) is 5.75 Å². The first-order chi connectivity index (χ1) is 10.6. The van der Waals surface area contributed by atoms with Gasteiger partial charge in [0, 0.05) is 10.2 Å². The van der Waals surface area contributed by atoms with Crippen molar-refractivity contribution in [2.24, 2.45) is 0 Å². The molecule has 0 spiro atoms. The van der Waals surface area contributed by atoms with Crippen molar-refractivity contribution in [1.29, 1.82) is 0 Å². The van der Waals surface area contributed by atoms with E-state index in [1.807, 2.05) is 0 Å². The maximum atomic E-state index is 11.9. The van der Waals surface area contributed by atoms with Gasteiger partial charge in [-0.05, 0) is 42.5 Å². The summed E-state index contributed by atoms with van der Waals surface area (Å²) in [5, 5.41) is 2.64. The second kappa shape index (κ2) is 7.61. The third kappa shape index (κ3) is 4.60. The van der Waals surface area contributed by atoms with Gasteiger partial charge in [-0.3, -0.25) is 4.79 Å². The zero-order valence-electron chi connectivity index (χ0n) is 11.8. The van der Waals surface area contributed by atoms with Crippen LogP contribution in [0.1, 0.15) is 10.4 Å². The van der Waals surface area contributed by atoms with Crippen LogP contribution in [0.3, 0.4) is 0 Å². The molecule has 0 atom stereocenters. The fourth-order valence-corrected chi connectivity index (χ4v) is 1.96. The number of amides is 1. The molecule has 0 aliphatic carbocycles. The first-order valence-electron chi connectivity index (χ1n) is 6.45. The van der Waals surface area contributed by atoms with Crippen molar-refractivity contribution < 1.29 is 19.1 Å². The molecule has 2 rings (SSSR count). The van der Waals surface area contributed by atoms with Crippen LogP contribution in [0.4, 0.5) is 5.69 Å². The third-order valence-corrected chi connectivity index (χ3v) is 3.30. The molecule has 5 nitrogen and oxygen atoms in total. The van der Waals surface area contributed by atoms with Crippen molar-refractivity contribution in [3.8, 4) is 5.75 Å². The Morgan fingerprint density at radius 3 is 2.55 bits per heavy atom. The van der Waals surface area contributed by atoms with Gasteiger partial charge in [0.15, 0.2) is 6.61 Å². The summed E-state index contributed by atoms with van der Waals surface area (Å²) >= 11 is 3.31. The number of halogens is 1. The fraction of sp³-hybridized carbons (Fsp3) is 0.125. The molecule has 1 amide bonds. The van der Waals surface area contributed by atoms with Crippen molar-refractivity contribution >= 4 is 33.5 Å². The first kappa shape index (κ1) is 16.0. The summed E-state index contributed by atoms with van der Waals surface area (Å²) in [5.41, 5.74) is 0.960. The molecule has 1 N–H and O–H groups in total. The monoisotopic (exact) mass is 363 g/mol. The Kier molecular flexibility index (Phi) is 5.55. The zero-order chi connectivity index (χ0) is 15.9. The van der Waals surface area contributed by atoms with Crippen LogP contribution < -0.4 is 10.1 Å². The van der Waals surface area contributed by atoms with E-state index in [1.165, 1.54) is 7.11 Å². The second-order valence-corrected chi connectivity index (χ2v) is 5.28. The Morgan fingerprint density at radius 2 is 1.86 bits per heavy atom. The van der Waals surface area contributed by atoms with Crippen LogP contribution >= 0.6 is 15.9 Å². The molecular formula is C16H14BrNO4. The molecule has 0 heterocycles. The largest absolute Gasteiger partial charge is 0.497 e. The lowest BCUT2D eigenvalue weighted by Gasteiger charge is -2.07. The number of ether oxygens (including phenoxy) is 2. The van der Waals surface area contributed by atoms with Crippen LogP contribution in [0.25, 0.3) is 0 Å². The van der Waals surface area contributed by atoms with E-state index >= 15 is 0 Å². The number of hydrogen-bond donors (Lipinski definition) is 1. The van der Waals surface area contributed by atoms with Crippen molar-refractivity contribution in [3.63, 3.8) is 0 Å². The number of rotatable bonds is 5. The zero-order valence-corrected chi connectivity index (χ0v) is 13.4. The summed E-state index contributed by atoms with van der Waals surface area (Å²) in [4.78, 5) is 23.6. The highest BCUT2D eigenvalue weighted by Gasteiger charge is 2.11. The van der Waals surface area contributed by atoms with Gasteiger partial charge in [-0.15, -0.1) is 0 Å². The maximum absolute atomic E-state index is 11.9. The van der Waals surface area contributed by atoms with Crippen LogP contribution in [-0.2, 0) is 9.53 Å². The summed E-state index contributed by atoms with van der Waals surface area (Å²) in [6.07, 6.45) is 0. The molecule has 0 fully saturated rings. The van der Waals surface area contributed by atoms with Crippen LogP contribution in [0, 0.1) is 0 Å². The lowest BCUT2D eigenvalue weighted by atomic mass is 10.2. The van der Waals surface area contributed by atoms with Crippen LogP contribution in [0.5, 0.6) is 5.75 Å². The molecule has 0 bridgehead atoms. The molecule has 0 saturated heterocycles. The van der Waals surface area contributed by atoms with E-state index in [9.17, 15) is 9.59 Å². The van der Waals surface area contributed by atoms with Crippen molar-refractivity contribution in [3.05, 3.63) is 58.6 Å². The van der Waals surface area contributed by atoms with E-state index in [4.69, 9.17) is 9.47 Å². The number of anilines is 1. The standard InChI is InChI=1S/C16H14BrNO4/c1-21-14-4-2-3-11(9-14)16(20)22-10-15(19)18-13-7-5-12(17)6-8-13/h2-9H,10H2,1H3,(H,18,19). The lowest BCUT2D eigenvalue weighted by Crippen LogP contribution is -2.20. The second-order valence-electron chi connectivity index (χ2n) is 4.36. The Morgan fingerprint density at radius 1 is 1.14 bits per heavy atom. The Balaban J connectivity index is 1.87. The summed E-state index contributed by atoms with van der Waals surface area (Å²) in [6, 6.07) is 13.6. The van der Waals surface area contributed by atoms with E-state index in [2.05, 4.69) is 21.2 Å². The minimum atomic E-state index is -0.579. The Bertz CT molecular complexity index is 670. The van der Waals surface area contributed by atoms with Gasteiger partial charge >= 0.3 is 5.97 Å². The first-order valence-corrected chi connectivity index (χ1v) is 7.24. The average molecular weight is 364 g/mol. The molecule has 0 saturated carbocycles. The van der Waals surface area contributed by atoms with E-state index in [0.717, 1.165) is 4.47 Å². The average Bonchev–Trinajstić information content (AvgIpc) is 2.55. The van der Waals surface area contributed by atoms with Gasteiger partial charge in [-0.2, -0.15) is 0 Å². The van der Waals surface area contributed by atoms with Crippen molar-refractivity contribution in [2.75, 3.05) is 19.0 Å². The molecule has 2 aromatic rings. The number of carbonyl (C=O) groups is 2.